The molecule has 1 heterocycles. The van der Waals surface area contributed by atoms with Crippen LogP contribution in [0.4, 0.5) is 13.2 Å². The molecule has 0 amide bonds. The lowest BCUT2D eigenvalue weighted by atomic mass is 9.98. The Morgan fingerprint density at radius 2 is 1.94 bits per heavy atom. The lowest BCUT2D eigenvalue weighted by Gasteiger charge is -2.18. The minimum Gasteiger partial charge on any atom is -0.454 e. The average Bonchev–Trinajstić information content (AvgIpc) is 2.63. The molecule has 1 aromatic carbocycles. The van der Waals surface area contributed by atoms with Crippen molar-refractivity contribution in [3.05, 3.63) is 23.8 Å². The summed E-state index contributed by atoms with van der Waals surface area (Å²) in [6.07, 6.45) is -4.34. The van der Waals surface area contributed by atoms with Gasteiger partial charge < -0.3 is 15.2 Å². The van der Waals surface area contributed by atoms with Gasteiger partial charge in [0.25, 0.3) is 0 Å². The number of halogens is 3. The van der Waals surface area contributed by atoms with Crippen molar-refractivity contribution in [2.24, 2.45) is 5.73 Å². The highest BCUT2D eigenvalue weighted by atomic mass is 19.4. The van der Waals surface area contributed by atoms with E-state index in [2.05, 4.69) is 0 Å². The van der Waals surface area contributed by atoms with Crippen LogP contribution < -0.4 is 15.2 Å². The molecule has 1 unspecified atom stereocenters. The van der Waals surface area contributed by atoms with Crippen molar-refractivity contribution in [1.82, 2.24) is 0 Å². The summed E-state index contributed by atoms with van der Waals surface area (Å²) in [5.74, 6) is -0.871. The van der Waals surface area contributed by atoms with Crippen molar-refractivity contribution in [3.8, 4) is 11.5 Å². The van der Waals surface area contributed by atoms with Crippen molar-refractivity contribution in [3.63, 3.8) is 0 Å². The average molecular weight is 233 g/mol. The molecule has 0 bridgehead atoms. The Balaban J connectivity index is 2.33. The quantitative estimate of drug-likeness (QED) is 0.849. The minimum absolute atomic E-state index is 0.0398. The van der Waals surface area contributed by atoms with Crippen molar-refractivity contribution >= 4 is 0 Å². The van der Waals surface area contributed by atoms with Crippen LogP contribution in [0.15, 0.2) is 18.2 Å². The Labute approximate surface area is 89.9 Å². The molecule has 0 saturated heterocycles. The molecule has 0 saturated carbocycles. The van der Waals surface area contributed by atoms with E-state index in [1.165, 1.54) is 18.2 Å². The van der Waals surface area contributed by atoms with Gasteiger partial charge >= 0.3 is 6.18 Å². The lowest BCUT2D eigenvalue weighted by Crippen LogP contribution is -2.27. The SMILES string of the molecule is NCC(c1ccc2c(c1)OCO2)C(F)(F)F. The largest absolute Gasteiger partial charge is 0.454 e. The Hall–Kier alpha value is -1.43. The molecule has 16 heavy (non-hydrogen) atoms. The first-order valence-corrected chi connectivity index (χ1v) is 4.68. The Morgan fingerprint density at radius 1 is 1.25 bits per heavy atom. The second kappa shape index (κ2) is 3.86. The summed E-state index contributed by atoms with van der Waals surface area (Å²) in [5.41, 5.74) is 5.24. The van der Waals surface area contributed by atoms with E-state index in [-0.39, 0.29) is 12.4 Å². The Kier molecular flexibility index (Phi) is 2.67. The molecule has 0 radical (unpaired) electrons. The molecule has 3 nitrogen and oxygen atoms in total. The lowest BCUT2D eigenvalue weighted by molar-refractivity contribution is -0.148. The van der Waals surface area contributed by atoms with Crippen LogP contribution in [0.3, 0.4) is 0 Å². The molecule has 0 spiro atoms. The first-order valence-electron chi connectivity index (χ1n) is 4.68. The molecule has 2 rings (SSSR count). The highest BCUT2D eigenvalue weighted by Crippen LogP contribution is 2.39. The number of hydrogen-bond donors (Lipinski definition) is 1. The van der Waals surface area contributed by atoms with E-state index < -0.39 is 18.6 Å². The number of rotatable bonds is 2. The van der Waals surface area contributed by atoms with Gasteiger partial charge in [0.2, 0.25) is 6.79 Å². The summed E-state index contributed by atoms with van der Waals surface area (Å²) >= 11 is 0. The zero-order valence-electron chi connectivity index (χ0n) is 8.25. The van der Waals surface area contributed by atoms with Gasteiger partial charge in [-0.1, -0.05) is 6.07 Å². The summed E-state index contributed by atoms with van der Waals surface area (Å²) in [5, 5.41) is 0. The van der Waals surface area contributed by atoms with E-state index >= 15 is 0 Å². The van der Waals surface area contributed by atoms with Crippen molar-refractivity contribution in [2.75, 3.05) is 13.3 Å². The van der Waals surface area contributed by atoms with E-state index in [9.17, 15) is 13.2 Å². The van der Waals surface area contributed by atoms with Crippen molar-refractivity contribution < 1.29 is 22.6 Å². The van der Waals surface area contributed by atoms with Crippen molar-refractivity contribution in [2.45, 2.75) is 12.1 Å². The number of nitrogens with two attached hydrogens (primary N) is 1. The fourth-order valence-electron chi connectivity index (χ4n) is 1.59. The highest BCUT2D eigenvalue weighted by Gasteiger charge is 2.40. The second-order valence-corrected chi connectivity index (χ2v) is 3.44. The molecule has 88 valence electrons. The predicted molar refractivity (Wildman–Crippen MR) is 50.4 cm³/mol. The van der Waals surface area contributed by atoms with E-state index in [4.69, 9.17) is 15.2 Å². The molecular weight excluding hydrogens is 223 g/mol. The molecule has 1 aliphatic heterocycles. The van der Waals surface area contributed by atoms with Gasteiger partial charge in [0, 0.05) is 6.54 Å². The number of fused-ring (bicyclic) bond motifs is 1. The third kappa shape index (κ3) is 1.92. The molecule has 6 heteroatoms. The minimum atomic E-state index is -4.34. The van der Waals surface area contributed by atoms with Crippen LogP contribution in [-0.4, -0.2) is 19.5 Å². The van der Waals surface area contributed by atoms with Gasteiger partial charge in [0.05, 0.1) is 5.92 Å². The number of benzene rings is 1. The van der Waals surface area contributed by atoms with Crippen LogP contribution in [0, 0.1) is 0 Å². The fourth-order valence-corrected chi connectivity index (χ4v) is 1.59. The highest BCUT2D eigenvalue weighted by molar-refractivity contribution is 5.45. The molecule has 1 atom stereocenters. The van der Waals surface area contributed by atoms with Gasteiger partial charge in [0.15, 0.2) is 11.5 Å². The maximum absolute atomic E-state index is 12.6. The second-order valence-electron chi connectivity index (χ2n) is 3.44. The van der Waals surface area contributed by atoms with Gasteiger partial charge in [0.1, 0.15) is 0 Å². The van der Waals surface area contributed by atoms with Crippen LogP contribution in [0.1, 0.15) is 11.5 Å². The first kappa shape index (κ1) is 11.1. The van der Waals surface area contributed by atoms with Crippen LogP contribution in [-0.2, 0) is 0 Å². The Morgan fingerprint density at radius 3 is 2.56 bits per heavy atom. The van der Waals surface area contributed by atoms with Gasteiger partial charge in [-0.3, -0.25) is 0 Å². The fraction of sp³-hybridized carbons (Fsp3) is 0.400. The van der Waals surface area contributed by atoms with Crippen LogP contribution in [0.5, 0.6) is 11.5 Å². The Bertz CT molecular complexity index is 392. The smallest absolute Gasteiger partial charge is 0.396 e. The number of ether oxygens (including phenoxy) is 2. The standard InChI is InChI=1S/C10H10F3NO2/c11-10(12,13)7(4-14)6-1-2-8-9(3-6)16-5-15-8/h1-3,7H,4-5,14H2. The monoisotopic (exact) mass is 233 g/mol. The van der Waals surface area contributed by atoms with Gasteiger partial charge in [-0.05, 0) is 17.7 Å². The summed E-state index contributed by atoms with van der Waals surface area (Å²) in [4.78, 5) is 0. The predicted octanol–water partition coefficient (Wildman–Crippen LogP) is 2.02. The summed E-state index contributed by atoms with van der Waals surface area (Å²) in [6.45, 7) is -0.443. The molecule has 2 N–H and O–H groups in total. The molecule has 0 aliphatic carbocycles. The van der Waals surface area contributed by atoms with Crippen molar-refractivity contribution in [1.29, 1.82) is 0 Å². The molecule has 0 fully saturated rings. The first-order chi connectivity index (χ1) is 7.52. The molecule has 1 aliphatic rings. The number of hydrogen-bond acceptors (Lipinski definition) is 3. The maximum atomic E-state index is 12.6. The topological polar surface area (TPSA) is 44.5 Å². The zero-order chi connectivity index (χ0) is 11.8. The molecule has 1 aromatic rings. The van der Waals surface area contributed by atoms with Crippen LogP contribution in [0.25, 0.3) is 0 Å². The van der Waals surface area contributed by atoms with Gasteiger partial charge in [-0.2, -0.15) is 13.2 Å². The summed E-state index contributed by atoms with van der Waals surface area (Å²) < 4.78 is 47.9. The summed E-state index contributed by atoms with van der Waals surface area (Å²) in [7, 11) is 0. The summed E-state index contributed by atoms with van der Waals surface area (Å²) in [6, 6.07) is 4.15. The van der Waals surface area contributed by atoms with E-state index in [1.54, 1.807) is 0 Å². The van der Waals surface area contributed by atoms with Crippen LogP contribution in [0.2, 0.25) is 0 Å². The van der Waals surface area contributed by atoms with E-state index in [1.807, 2.05) is 0 Å². The van der Waals surface area contributed by atoms with Gasteiger partial charge in [-0.15, -0.1) is 0 Å². The normalized spacial score (nSPS) is 16.2. The third-order valence-corrected chi connectivity index (χ3v) is 2.43. The molecule has 0 aromatic heterocycles. The maximum Gasteiger partial charge on any atom is 0.396 e. The third-order valence-electron chi connectivity index (χ3n) is 2.43. The van der Waals surface area contributed by atoms with Crippen LogP contribution >= 0.6 is 0 Å². The van der Waals surface area contributed by atoms with Gasteiger partial charge in [-0.25, -0.2) is 0 Å². The van der Waals surface area contributed by atoms with E-state index in [0.717, 1.165) is 0 Å². The van der Waals surface area contributed by atoms with E-state index in [0.29, 0.717) is 11.5 Å². The number of alkyl halides is 3. The molecular formula is C10H10F3NO2. The zero-order valence-corrected chi connectivity index (χ0v) is 8.25.